The molecule has 1 atom stereocenters. The molecule has 0 saturated carbocycles. The number of nitrogens with one attached hydrogen (secondary N) is 1. The summed E-state index contributed by atoms with van der Waals surface area (Å²) < 4.78 is 64.6. The van der Waals surface area contributed by atoms with Crippen LogP contribution in [-0.4, -0.2) is 73.2 Å². The first-order valence-corrected chi connectivity index (χ1v) is 11.2. The Kier molecular flexibility index (Phi) is 7.72. The van der Waals surface area contributed by atoms with Gasteiger partial charge in [-0.25, -0.2) is 27.8 Å². The lowest BCUT2D eigenvalue weighted by atomic mass is 10.1. The van der Waals surface area contributed by atoms with Crippen molar-refractivity contribution in [1.29, 1.82) is 0 Å². The van der Waals surface area contributed by atoms with E-state index in [0.29, 0.717) is 5.69 Å². The number of hydrogen-bond donors (Lipinski definition) is 1. The second-order valence-electron chi connectivity index (χ2n) is 8.29. The Morgan fingerprint density at radius 3 is 2.58 bits per heavy atom. The smallest absolute Gasteiger partial charge is 0.414 e. The van der Waals surface area contributed by atoms with Crippen LogP contribution in [0.25, 0.3) is 0 Å². The Balaban J connectivity index is 1.40. The first-order chi connectivity index (χ1) is 17.2. The minimum Gasteiger partial charge on any atom is -0.444 e. The Morgan fingerprint density at radius 1 is 1.17 bits per heavy atom. The predicted molar refractivity (Wildman–Crippen MR) is 116 cm³/mol. The molecule has 10 nitrogen and oxygen atoms in total. The first-order valence-electron chi connectivity index (χ1n) is 11.2. The molecular formula is C22H23F4N5O5. The fourth-order valence-electron chi connectivity index (χ4n) is 4.05. The number of anilines is 2. The Labute approximate surface area is 202 Å². The van der Waals surface area contributed by atoms with Gasteiger partial charge in [0.15, 0.2) is 17.4 Å². The van der Waals surface area contributed by atoms with Gasteiger partial charge in [-0.05, 0) is 6.42 Å². The molecule has 14 heteroatoms. The molecule has 1 aromatic heterocycles. The molecule has 4 rings (SSSR count). The van der Waals surface area contributed by atoms with Gasteiger partial charge in [-0.1, -0.05) is 5.16 Å². The fraction of sp³-hybridized carbons (Fsp3) is 0.455. The van der Waals surface area contributed by atoms with E-state index >= 15 is 8.78 Å². The molecule has 0 unspecified atom stereocenters. The maximum Gasteiger partial charge on any atom is 0.414 e. The van der Waals surface area contributed by atoms with Crippen LogP contribution in [0.4, 0.5) is 33.7 Å². The number of rotatable bonds is 8. The highest BCUT2D eigenvalue weighted by molar-refractivity contribution is 5.90. The van der Waals surface area contributed by atoms with Crippen molar-refractivity contribution in [1.82, 2.24) is 15.6 Å². The number of benzene rings is 1. The molecule has 2 aliphatic heterocycles. The van der Waals surface area contributed by atoms with E-state index in [0.717, 1.165) is 17.0 Å². The largest absolute Gasteiger partial charge is 0.444 e. The number of cyclic esters (lactones) is 1. The standard InChI is InChI=1S/C22H23F4N5O5/c23-16-10-14(30-12-15(36-22(30)34)1-2-18(32)21(25)26)11-17(24)20(16)29-5-4-27-31(7-6-29)19(33)9-13-3-8-35-28-13/h3,8,10-11,15,21,27H,1-2,4-7,9,12H2/t15-/m0/s1. The average Bonchev–Trinajstić information content (AvgIpc) is 3.40. The Hall–Kier alpha value is -3.68. The SMILES string of the molecule is O=C(CC[C@H]1CN(c2cc(F)c(N3CCNN(C(=O)Cc4ccon4)CC3)c(F)c2)C(=O)O1)C(F)F. The van der Waals surface area contributed by atoms with E-state index in [1.165, 1.54) is 16.2 Å². The van der Waals surface area contributed by atoms with Crippen molar-refractivity contribution in [2.45, 2.75) is 31.8 Å². The molecule has 2 aromatic rings. The number of alkyl halides is 2. The summed E-state index contributed by atoms with van der Waals surface area (Å²) in [6.45, 7) is 0.588. The van der Waals surface area contributed by atoms with Crippen molar-refractivity contribution in [2.75, 3.05) is 42.5 Å². The van der Waals surface area contributed by atoms with Crippen LogP contribution >= 0.6 is 0 Å². The van der Waals surface area contributed by atoms with E-state index in [4.69, 9.17) is 9.26 Å². The van der Waals surface area contributed by atoms with Crippen LogP contribution in [0.5, 0.6) is 0 Å². The zero-order valence-electron chi connectivity index (χ0n) is 19.0. The molecular weight excluding hydrogens is 490 g/mol. The van der Waals surface area contributed by atoms with Gasteiger partial charge in [-0.15, -0.1) is 0 Å². The van der Waals surface area contributed by atoms with Gasteiger partial charge in [0, 0.05) is 44.3 Å². The summed E-state index contributed by atoms with van der Waals surface area (Å²) in [7, 11) is 0. The van der Waals surface area contributed by atoms with Gasteiger partial charge in [0.1, 0.15) is 18.1 Å². The van der Waals surface area contributed by atoms with Crippen LogP contribution in [0, 0.1) is 11.6 Å². The lowest BCUT2D eigenvalue weighted by Crippen LogP contribution is -2.44. The molecule has 2 amide bonds. The average molecular weight is 513 g/mol. The second-order valence-corrected chi connectivity index (χ2v) is 8.29. The molecule has 2 fully saturated rings. The monoisotopic (exact) mass is 513 g/mol. The quantitative estimate of drug-likeness (QED) is 0.536. The minimum absolute atomic E-state index is 0.00411. The van der Waals surface area contributed by atoms with Gasteiger partial charge in [-0.3, -0.25) is 19.5 Å². The van der Waals surface area contributed by atoms with E-state index in [1.807, 2.05) is 0 Å². The first kappa shape index (κ1) is 25.4. The fourth-order valence-corrected chi connectivity index (χ4v) is 4.05. The Bertz CT molecular complexity index is 1090. The van der Waals surface area contributed by atoms with Crippen molar-refractivity contribution >= 4 is 29.2 Å². The third kappa shape index (κ3) is 5.75. The number of nitrogens with zero attached hydrogens (tertiary/aromatic N) is 4. The zero-order chi connectivity index (χ0) is 25.8. The van der Waals surface area contributed by atoms with E-state index in [1.54, 1.807) is 6.07 Å². The van der Waals surface area contributed by atoms with Crippen molar-refractivity contribution in [3.8, 4) is 0 Å². The molecule has 0 bridgehead atoms. The molecule has 3 heterocycles. The summed E-state index contributed by atoms with van der Waals surface area (Å²) in [5.74, 6) is -3.39. The molecule has 1 aromatic carbocycles. The minimum atomic E-state index is -3.11. The Morgan fingerprint density at radius 2 is 1.92 bits per heavy atom. The highest BCUT2D eigenvalue weighted by Gasteiger charge is 2.34. The lowest BCUT2D eigenvalue weighted by molar-refractivity contribution is -0.133. The normalized spacial score (nSPS) is 18.5. The number of hydrogen-bond acceptors (Lipinski definition) is 8. The van der Waals surface area contributed by atoms with Gasteiger partial charge in [-0.2, -0.15) is 0 Å². The number of ketones is 1. The summed E-state index contributed by atoms with van der Waals surface area (Å²) >= 11 is 0. The number of ether oxygens (including phenoxy) is 1. The van der Waals surface area contributed by atoms with Gasteiger partial charge in [0.2, 0.25) is 5.91 Å². The van der Waals surface area contributed by atoms with Crippen molar-refractivity contribution in [3.05, 3.63) is 41.8 Å². The van der Waals surface area contributed by atoms with Crippen LogP contribution in [0.3, 0.4) is 0 Å². The summed E-state index contributed by atoms with van der Waals surface area (Å²) in [6, 6.07) is 3.53. The van der Waals surface area contributed by atoms with Crippen LogP contribution < -0.4 is 15.2 Å². The summed E-state index contributed by atoms with van der Waals surface area (Å²) in [4.78, 5) is 38.2. The van der Waals surface area contributed by atoms with E-state index in [-0.39, 0.29) is 62.8 Å². The molecule has 36 heavy (non-hydrogen) atoms. The number of Topliss-reactive ketones (excluding diaryl/α,β-unsaturated/α-hetero) is 1. The van der Waals surface area contributed by atoms with Crippen molar-refractivity contribution < 1.29 is 41.2 Å². The van der Waals surface area contributed by atoms with E-state index in [2.05, 4.69) is 10.6 Å². The molecule has 194 valence electrons. The molecule has 0 radical (unpaired) electrons. The summed E-state index contributed by atoms with van der Waals surface area (Å²) in [5, 5.41) is 5.05. The number of hydrazine groups is 1. The van der Waals surface area contributed by atoms with E-state index in [9.17, 15) is 23.2 Å². The van der Waals surface area contributed by atoms with Crippen molar-refractivity contribution in [2.24, 2.45) is 0 Å². The molecule has 0 aliphatic carbocycles. The summed E-state index contributed by atoms with van der Waals surface area (Å²) in [6.07, 6.45) is -4.11. The molecule has 0 spiro atoms. The van der Waals surface area contributed by atoms with Gasteiger partial charge in [0.25, 0.3) is 6.43 Å². The third-order valence-corrected chi connectivity index (χ3v) is 5.86. The highest BCUT2D eigenvalue weighted by atomic mass is 19.3. The van der Waals surface area contributed by atoms with E-state index < -0.39 is 42.5 Å². The number of amides is 2. The third-order valence-electron chi connectivity index (χ3n) is 5.86. The van der Waals surface area contributed by atoms with Crippen LogP contribution in [0.2, 0.25) is 0 Å². The van der Waals surface area contributed by atoms with Gasteiger partial charge >= 0.3 is 6.09 Å². The van der Waals surface area contributed by atoms with Gasteiger partial charge < -0.3 is 14.2 Å². The molecule has 2 saturated heterocycles. The van der Waals surface area contributed by atoms with Crippen LogP contribution in [-0.2, 0) is 20.7 Å². The second kappa shape index (κ2) is 10.9. The predicted octanol–water partition coefficient (Wildman–Crippen LogP) is 2.29. The van der Waals surface area contributed by atoms with Gasteiger partial charge in [0.05, 0.1) is 30.9 Å². The highest BCUT2D eigenvalue weighted by Crippen LogP contribution is 2.32. The van der Waals surface area contributed by atoms with Crippen molar-refractivity contribution in [3.63, 3.8) is 0 Å². The number of halogens is 4. The lowest BCUT2D eigenvalue weighted by Gasteiger charge is -2.25. The summed E-state index contributed by atoms with van der Waals surface area (Å²) in [5.41, 5.74) is 2.98. The number of carbonyl (C=O) groups is 3. The maximum atomic E-state index is 15.0. The molecule has 1 N–H and O–H groups in total. The maximum absolute atomic E-state index is 15.0. The zero-order valence-corrected chi connectivity index (χ0v) is 19.0. The number of carbonyl (C=O) groups excluding carboxylic acids is 3. The molecule has 2 aliphatic rings. The number of aromatic nitrogens is 1. The van der Waals surface area contributed by atoms with Crippen LogP contribution in [0.15, 0.2) is 29.0 Å². The topological polar surface area (TPSA) is 108 Å². The van der Waals surface area contributed by atoms with Crippen LogP contribution in [0.1, 0.15) is 18.5 Å².